The van der Waals surface area contributed by atoms with Gasteiger partial charge in [0.15, 0.2) is 6.10 Å². The molecule has 1 aromatic carbocycles. The number of Topliss-reactive ketones (excluding diaryl/α,β-unsaturated/α-hetero) is 1. The van der Waals surface area contributed by atoms with Crippen LogP contribution < -0.4 is 4.74 Å². The average Bonchev–Trinajstić information content (AvgIpc) is 2.78. The van der Waals surface area contributed by atoms with E-state index in [0.29, 0.717) is 5.56 Å². The normalized spacial score (nSPS) is 39.0. The van der Waals surface area contributed by atoms with E-state index in [-0.39, 0.29) is 23.1 Å². The molecule has 116 valence electrons. The molecule has 4 rings (SSSR count). The second-order valence-electron chi connectivity index (χ2n) is 7.27. The highest BCUT2D eigenvalue weighted by Crippen LogP contribution is 2.61. The van der Waals surface area contributed by atoms with Gasteiger partial charge < -0.3 is 9.47 Å². The predicted octanol–water partition coefficient (Wildman–Crippen LogP) is 2.88. The Labute approximate surface area is 129 Å². The average molecular weight is 300 g/mol. The monoisotopic (exact) mass is 300 g/mol. The minimum atomic E-state index is -0.622. The Morgan fingerprint density at radius 2 is 1.91 bits per heavy atom. The number of benzene rings is 1. The molecule has 4 atom stereocenters. The fraction of sp³-hybridized carbons (Fsp3) is 0.556. The van der Waals surface area contributed by atoms with Crippen LogP contribution in [0.3, 0.4) is 0 Å². The number of methoxy groups -OCH3 is 1. The molecule has 1 aromatic rings. The van der Waals surface area contributed by atoms with E-state index in [4.69, 9.17) is 9.47 Å². The molecular formula is C18H20O4. The maximum Gasteiger partial charge on any atom is 0.313 e. The first-order valence-electron chi connectivity index (χ1n) is 7.85. The first-order valence-corrected chi connectivity index (χ1v) is 7.85. The van der Waals surface area contributed by atoms with Gasteiger partial charge in [0, 0.05) is 16.9 Å². The molecule has 2 aliphatic carbocycles. The Hall–Kier alpha value is -1.84. The third kappa shape index (κ3) is 1.43. The largest absolute Gasteiger partial charge is 0.497 e. The van der Waals surface area contributed by atoms with Gasteiger partial charge in [-0.2, -0.15) is 0 Å². The molecule has 1 saturated heterocycles. The van der Waals surface area contributed by atoms with Gasteiger partial charge in [-0.1, -0.05) is 13.3 Å². The Morgan fingerprint density at radius 3 is 2.64 bits per heavy atom. The number of esters is 1. The van der Waals surface area contributed by atoms with Crippen molar-refractivity contribution >= 4 is 11.8 Å². The quantitative estimate of drug-likeness (QED) is 0.748. The number of ether oxygens (including phenoxy) is 2. The van der Waals surface area contributed by atoms with Gasteiger partial charge in [0.25, 0.3) is 0 Å². The lowest BCUT2D eigenvalue weighted by atomic mass is 9.50. The Morgan fingerprint density at radius 1 is 1.18 bits per heavy atom. The summed E-state index contributed by atoms with van der Waals surface area (Å²) in [4.78, 5) is 25.3. The molecule has 0 spiro atoms. The van der Waals surface area contributed by atoms with Gasteiger partial charge in [0.2, 0.25) is 5.78 Å². The summed E-state index contributed by atoms with van der Waals surface area (Å²) in [5, 5.41) is 0. The van der Waals surface area contributed by atoms with Gasteiger partial charge in [-0.25, -0.2) is 0 Å². The van der Waals surface area contributed by atoms with Crippen molar-refractivity contribution < 1.29 is 19.1 Å². The van der Waals surface area contributed by atoms with Crippen LogP contribution in [0, 0.1) is 11.3 Å². The summed E-state index contributed by atoms with van der Waals surface area (Å²) in [5.41, 5.74) is 0.932. The van der Waals surface area contributed by atoms with Crippen LogP contribution in [0.2, 0.25) is 0 Å². The standard InChI is InChI=1S/C18H20O4/c1-17-7-4-8-18(2)15(17)14(22-16(18)20)13(19)11-6-5-10(21-3)9-12(11)17/h5-6,9,14-15H,4,7-8H2,1-3H3. The van der Waals surface area contributed by atoms with Gasteiger partial charge >= 0.3 is 5.97 Å². The number of rotatable bonds is 1. The number of carbonyl (C=O) groups is 2. The van der Waals surface area contributed by atoms with Crippen LogP contribution in [0.1, 0.15) is 49.0 Å². The summed E-state index contributed by atoms with van der Waals surface area (Å²) in [5.74, 6) is 0.415. The summed E-state index contributed by atoms with van der Waals surface area (Å²) in [6.45, 7) is 4.14. The predicted molar refractivity (Wildman–Crippen MR) is 80.0 cm³/mol. The second-order valence-corrected chi connectivity index (χ2v) is 7.27. The zero-order valence-electron chi connectivity index (χ0n) is 13.1. The van der Waals surface area contributed by atoms with Crippen molar-refractivity contribution in [3.8, 4) is 5.75 Å². The van der Waals surface area contributed by atoms with Gasteiger partial charge in [-0.3, -0.25) is 9.59 Å². The summed E-state index contributed by atoms with van der Waals surface area (Å²) < 4.78 is 10.9. The highest BCUT2D eigenvalue weighted by Gasteiger charge is 2.67. The van der Waals surface area contributed by atoms with Gasteiger partial charge in [-0.05, 0) is 43.5 Å². The maximum atomic E-state index is 12.8. The van der Waals surface area contributed by atoms with Gasteiger partial charge in [-0.15, -0.1) is 0 Å². The van der Waals surface area contributed by atoms with E-state index < -0.39 is 11.5 Å². The summed E-state index contributed by atoms with van der Waals surface area (Å²) in [6.07, 6.45) is 2.11. The van der Waals surface area contributed by atoms with E-state index in [2.05, 4.69) is 6.92 Å². The highest BCUT2D eigenvalue weighted by atomic mass is 16.6. The maximum absolute atomic E-state index is 12.8. The minimum Gasteiger partial charge on any atom is -0.497 e. The van der Waals surface area contributed by atoms with E-state index in [1.54, 1.807) is 13.2 Å². The SMILES string of the molecule is COc1ccc2c(c1)C1(C)CCCC3(C)C(=O)OC(C2=O)C31. The van der Waals surface area contributed by atoms with Crippen LogP contribution in [0.25, 0.3) is 0 Å². The number of hydrogen-bond donors (Lipinski definition) is 0. The lowest BCUT2D eigenvalue weighted by Gasteiger charge is -2.50. The van der Waals surface area contributed by atoms with Crippen molar-refractivity contribution in [3.05, 3.63) is 29.3 Å². The Bertz CT molecular complexity index is 694. The fourth-order valence-electron chi connectivity index (χ4n) is 5.05. The molecule has 4 heteroatoms. The molecule has 1 heterocycles. The van der Waals surface area contributed by atoms with Crippen molar-refractivity contribution in [3.63, 3.8) is 0 Å². The molecule has 2 fully saturated rings. The number of carbonyl (C=O) groups excluding carboxylic acids is 2. The molecule has 22 heavy (non-hydrogen) atoms. The topological polar surface area (TPSA) is 52.6 Å². The van der Waals surface area contributed by atoms with Crippen LogP contribution in [-0.4, -0.2) is 25.0 Å². The number of ketones is 1. The molecule has 1 aliphatic heterocycles. The molecule has 3 aliphatic rings. The van der Waals surface area contributed by atoms with E-state index in [0.717, 1.165) is 30.6 Å². The van der Waals surface area contributed by atoms with Crippen LogP contribution >= 0.6 is 0 Å². The first kappa shape index (κ1) is 13.8. The summed E-state index contributed by atoms with van der Waals surface area (Å²) in [6, 6.07) is 5.59. The van der Waals surface area contributed by atoms with Crippen molar-refractivity contribution in [1.29, 1.82) is 0 Å². The molecule has 1 saturated carbocycles. The first-order chi connectivity index (χ1) is 10.4. The lowest BCUT2D eigenvalue weighted by molar-refractivity contribution is -0.148. The minimum absolute atomic E-state index is 0.0564. The molecule has 0 aromatic heterocycles. The Balaban J connectivity index is 1.98. The van der Waals surface area contributed by atoms with Crippen LogP contribution in [-0.2, 0) is 14.9 Å². The van der Waals surface area contributed by atoms with Crippen molar-refractivity contribution in [1.82, 2.24) is 0 Å². The van der Waals surface area contributed by atoms with Gasteiger partial charge in [0.1, 0.15) is 5.75 Å². The lowest BCUT2D eigenvalue weighted by Crippen LogP contribution is -2.54. The molecule has 4 unspecified atom stereocenters. The van der Waals surface area contributed by atoms with Crippen molar-refractivity contribution in [2.75, 3.05) is 7.11 Å². The smallest absolute Gasteiger partial charge is 0.313 e. The van der Waals surface area contributed by atoms with Crippen LogP contribution in [0.15, 0.2) is 18.2 Å². The van der Waals surface area contributed by atoms with E-state index in [1.807, 2.05) is 19.1 Å². The third-order valence-electron chi connectivity index (χ3n) is 6.13. The molecule has 0 amide bonds. The van der Waals surface area contributed by atoms with Crippen LogP contribution in [0.5, 0.6) is 5.75 Å². The molecule has 0 radical (unpaired) electrons. The highest BCUT2D eigenvalue weighted by molar-refractivity contribution is 6.06. The summed E-state index contributed by atoms with van der Waals surface area (Å²) in [7, 11) is 1.63. The summed E-state index contributed by atoms with van der Waals surface area (Å²) >= 11 is 0. The molecule has 0 bridgehead atoms. The van der Waals surface area contributed by atoms with Gasteiger partial charge in [0.05, 0.1) is 12.5 Å². The molecular weight excluding hydrogens is 280 g/mol. The fourth-order valence-corrected chi connectivity index (χ4v) is 5.05. The molecule has 4 nitrogen and oxygen atoms in total. The number of hydrogen-bond acceptors (Lipinski definition) is 4. The zero-order chi connectivity index (χ0) is 15.7. The zero-order valence-corrected chi connectivity index (χ0v) is 13.1. The number of fused-ring (bicyclic) bond motifs is 2. The van der Waals surface area contributed by atoms with E-state index in [9.17, 15) is 9.59 Å². The van der Waals surface area contributed by atoms with E-state index >= 15 is 0 Å². The van der Waals surface area contributed by atoms with Crippen LogP contribution in [0.4, 0.5) is 0 Å². The van der Waals surface area contributed by atoms with Crippen molar-refractivity contribution in [2.45, 2.75) is 44.6 Å². The molecule has 0 N–H and O–H groups in total. The second kappa shape index (κ2) is 4.12. The van der Waals surface area contributed by atoms with E-state index in [1.165, 1.54) is 0 Å². The third-order valence-corrected chi connectivity index (χ3v) is 6.13. The Kier molecular flexibility index (Phi) is 2.58. The van der Waals surface area contributed by atoms with Crippen molar-refractivity contribution in [2.24, 2.45) is 11.3 Å².